The van der Waals surface area contributed by atoms with Crippen LogP contribution in [0.1, 0.15) is 18.3 Å². The molecule has 6 nitrogen and oxygen atoms in total. The average molecular weight is 446 g/mol. The summed E-state index contributed by atoms with van der Waals surface area (Å²) in [6.45, 7) is 2.45. The third-order valence-electron chi connectivity index (χ3n) is 5.08. The Bertz CT molecular complexity index is 1380. The number of rotatable bonds is 7. The van der Waals surface area contributed by atoms with Crippen LogP contribution in [-0.2, 0) is 0 Å². The number of halogens is 1. The van der Waals surface area contributed by atoms with Gasteiger partial charge in [0, 0.05) is 6.07 Å². The predicted molar refractivity (Wildman–Crippen MR) is 127 cm³/mol. The van der Waals surface area contributed by atoms with Crippen LogP contribution in [0, 0.1) is 5.82 Å². The topological polar surface area (TPSA) is 62.6 Å². The maximum absolute atomic E-state index is 13.6. The summed E-state index contributed by atoms with van der Waals surface area (Å²) in [5, 5.41) is 0.379. The van der Waals surface area contributed by atoms with Gasteiger partial charge < -0.3 is 14.2 Å². The molecule has 0 amide bonds. The van der Waals surface area contributed by atoms with Gasteiger partial charge in [-0.1, -0.05) is 18.2 Å². The smallest absolute Gasteiger partial charge is 0.266 e. The van der Waals surface area contributed by atoms with Crippen LogP contribution in [0.4, 0.5) is 4.39 Å². The van der Waals surface area contributed by atoms with E-state index in [9.17, 15) is 9.18 Å². The van der Waals surface area contributed by atoms with Crippen molar-refractivity contribution in [3.05, 3.63) is 88.2 Å². The Morgan fingerprint density at radius 1 is 0.970 bits per heavy atom. The van der Waals surface area contributed by atoms with Gasteiger partial charge in [-0.3, -0.25) is 9.36 Å². The highest BCUT2D eigenvalue weighted by molar-refractivity contribution is 5.83. The maximum atomic E-state index is 13.6. The zero-order chi connectivity index (χ0) is 23.4. The number of hydrogen-bond acceptors (Lipinski definition) is 5. The molecule has 0 aliphatic rings. The van der Waals surface area contributed by atoms with Crippen molar-refractivity contribution in [2.45, 2.75) is 6.92 Å². The van der Waals surface area contributed by atoms with E-state index >= 15 is 0 Å². The van der Waals surface area contributed by atoms with Gasteiger partial charge in [-0.25, -0.2) is 9.37 Å². The molecule has 3 aromatic carbocycles. The third kappa shape index (κ3) is 4.57. The molecule has 0 radical (unpaired) electrons. The quantitative estimate of drug-likeness (QED) is 0.395. The van der Waals surface area contributed by atoms with Crippen molar-refractivity contribution in [1.29, 1.82) is 0 Å². The first-order valence-electron chi connectivity index (χ1n) is 10.4. The predicted octanol–water partition coefficient (Wildman–Crippen LogP) is 5.11. The number of hydrogen-bond donors (Lipinski definition) is 0. The highest BCUT2D eigenvalue weighted by atomic mass is 19.1. The van der Waals surface area contributed by atoms with Crippen molar-refractivity contribution >= 4 is 23.1 Å². The van der Waals surface area contributed by atoms with E-state index in [2.05, 4.69) is 0 Å². The normalized spacial score (nSPS) is 11.2. The number of fused-ring (bicyclic) bond motifs is 1. The molecule has 0 N–H and O–H groups in total. The van der Waals surface area contributed by atoms with E-state index in [-0.39, 0.29) is 11.4 Å². The van der Waals surface area contributed by atoms with Gasteiger partial charge in [-0.2, -0.15) is 0 Å². The number of aromatic nitrogens is 2. The summed E-state index contributed by atoms with van der Waals surface area (Å²) in [7, 11) is 3.04. The second-order valence-electron chi connectivity index (χ2n) is 7.15. The van der Waals surface area contributed by atoms with Gasteiger partial charge in [0.25, 0.3) is 5.56 Å². The van der Waals surface area contributed by atoms with Crippen LogP contribution in [0.3, 0.4) is 0 Å². The molecule has 33 heavy (non-hydrogen) atoms. The largest absolute Gasteiger partial charge is 0.494 e. The van der Waals surface area contributed by atoms with E-state index in [1.54, 1.807) is 60.7 Å². The van der Waals surface area contributed by atoms with Crippen molar-refractivity contribution < 1.29 is 18.6 Å². The van der Waals surface area contributed by atoms with Crippen molar-refractivity contribution in [3.8, 4) is 22.9 Å². The van der Waals surface area contributed by atoms with E-state index in [1.165, 1.54) is 30.9 Å². The molecule has 0 spiro atoms. The highest BCUT2D eigenvalue weighted by Gasteiger charge is 2.15. The lowest BCUT2D eigenvalue weighted by Crippen LogP contribution is -2.22. The minimum atomic E-state index is -0.343. The fraction of sp³-hybridized carbons (Fsp3) is 0.154. The van der Waals surface area contributed by atoms with Crippen molar-refractivity contribution in [3.63, 3.8) is 0 Å². The highest BCUT2D eigenvalue weighted by Crippen LogP contribution is 2.30. The van der Waals surface area contributed by atoms with Crippen LogP contribution in [0.15, 0.2) is 65.5 Å². The number of ether oxygens (including phenoxy) is 3. The van der Waals surface area contributed by atoms with Crippen LogP contribution in [0.2, 0.25) is 0 Å². The lowest BCUT2D eigenvalue weighted by atomic mass is 10.2. The van der Waals surface area contributed by atoms with Gasteiger partial charge in [0.1, 0.15) is 17.4 Å². The number of methoxy groups -OCH3 is 2. The van der Waals surface area contributed by atoms with Gasteiger partial charge in [0.2, 0.25) is 0 Å². The summed E-state index contributed by atoms with van der Waals surface area (Å²) >= 11 is 0. The van der Waals surface area contributed by atoms with Crippen molar-refractivity contribution in [1.82, 2.24) is 9.55 Å². The molecule has 1 aromatic heterocycles. The monoisotopic (exact) mass is 446 g/mol. The van der Waals surface area contributed by atoms with Crippen molar-refractivity contribution in [2.24, 2.45) is 0 Å². The average Bonchev–Trinajstić information content (AvgIpc) is 2.83. The Morgan fingerprint density at radius 2 is 1.70 bits per heavy atom. The zero-order valence-corrected chi connectivity index (χ0v) is 18.5. The molecule has 1 heterocycles. The first kappa shape index (κ1) is 22.1. The summed E-state index contributed by atoms with van der Waals surface area (Å²) < 4.78 is 31.4. The second-order valence-corrected chi connectivity index (χ2v) is 7.15. The number of benzene rings is 3. The molecule has 0 aliphatic carbocycles. The Balaban J connectivity index is 1.94. The minimum absolute atomic E-state index is 0.274. The van der Waals surface area contributed by atoms with Gasteiger partial charge in [-0.15, -0.1) is 0 Å². The second kappa shape index (κ2) is 9.56. The Morgan fingerprint density at radius 3 is 2.36 bits per heavy atom. The fourth-order valence-corrected chi connectivity index (χ4v) is 3.53. The van der Waals surface area contributed by atoms with Crippen LogP contribution in [0.25, 0.3) is 28.7 Å². The van der Waals surface area contributed by atoms with Crippen LogP contribution in [0.5, 0.6) is 17.2 Å². The summed E-state index contributed by atoms with van der Waals surface area (Å²) in [4.78, 5) is 18.3. The molecule has 0 saturated heterocycles. The third-order valence-corrected chi connectivity index (χ3v) is 5.08. The van der Waals surface area contributed by atoms with Gasteiger partial charge in [0.05, 0.1) is 37.4 Å². The molecule has 7 heteroatoms. The summed E-state index contributed by atoms with van der Waals surface area (Å²) in [5.74, 6) is 1.64. The van der Waals surface area contributed by atoms with E-state index < -0.39 is 0 Å². The van der Waals surface area contributed by atoms with E-state index in [0.29, 0.717) is 51.8 Å². The first-order chi connectivity index (χ1) is 16.0. The molecular formula is C26H23FN2O4. The molecule has 168 valence electrons. The molecule has 0 atom stereocenters. The van der Waals surface area contributed by atoms with Gasteiger partial charge in [0.15, 0.2) is 11.5 Å². The summed E-state index contributed by atoms with van der Waals surface area (Å²) in [6, 6.07) is 16.6. The molecule has 4 aromatic rings. The standard InChI is InChI=1S/C26H23FN2O4/c1-4-33-20-11-9-19(10-12-20)29-25(13-8-17-6-5-7-18(27)14-17)28-22-16-24(32-3)23(31-2)15-21(22)26(29)30/h5-16H,4H2,1-3H3. The lowest BCUT2D eigenvalue weighted by Gasteiger charge is -2.14. The summed E-state index contributed by atoms with van der Waals surface area (Å²) in [6.07, 6.45) is 3.39. The number of nitrogens with zero attached hydrogens (tertiary/aromatic N) is 2. The lowest BCUT2D eigenvalue weighted by molar-refractivity contribution is 0.340. The molecular weight excluding hydrogens is 423 g/mol. The first-order valence-corrected chi connectivity index (χ1v) is 10.4. The van der Waals surface area contributed by atoms with E-state index in [4.69, 9.17) is 19.2 Å². The Hall–Kier alpha value is -4.13. The Kier molecular flexibility index (Phi) is 6.40. The minimum Gasteiger partial charge on any atom is -0.494 e. The Labute approximate surface area is 190 Å². The maximum Gasteiger partial charge on any atom is 0.266 e. The van der Waals surface area contributed by atoms with Crippen LogP contribution >= 0.6 is 0 Å². The fourth-order valence-electron chi connectivity index (χ4n) is 3.53. The molecule has 0 saturated carbocycles. The van der Waals surface area contributed by atoms with Gasteiger partial charge >= 0.3 is 0 Å². The SMILES string of the molecule is CCOc1ccc(-n2c(C=Cc3cccc(F)c3)nc3cc(OC)c(OC)cc3c2=O)cc1. The zero-order valence-electron chi connectivity index (χ0n) is 18.5. The van der Waals surface area contributed by atoms with Crippen molar-refractivity contribution in [2.75, 3.05) is 20.8 Å². The van der Waals surface area contributed by atoms with E-state index in [0.717, 1.165) is 0 Å². The van der Waals surface area contributed by atoms with E-state index in [1.807, 2.05) is 6.92 Å². The molecule has 4 rings (SSSR count). The summed E-state index contributed by atoms with van der Waals surface area (Å²) in [5.41, 5.74) is 1.45. The molecule has 0 aliphatic heterocycles. The molecule has 0 fully saturated rings. The van der Waals surface area contributed by atoms with Crippen LogP contribution < -0.4 is 19.8 Å². The van der Waals surface area contributed by atoms with Crippen LogP contribution in [-0.4, -0.2) is 30.4 Å². The molecule has 0 bridgehead atoms. The van der Waals surface area contributed by atoms with Gasteiger partial charge in [-0.05, 0) is 61.0 Å². The molecule has 0 unspecified atom stereocenters.